The second kappa shape index (κ2) is 7.02. The van der Waals surface area contributed by atoms with Crippen LogP contribution < -0.4 is 0 Å². The molecule has 2 rings (SSSR count). The van der Waals surface area contributed by atoms with Gasteiger partial charge >= 0.3 is 0 Å². The third-order valence-electron chi connectivity index (χ3n) is 4.35. The smallest absolute Gasteiger partial charge is 0.225 e. The maximum atomic E-state index is 12.4. The molecule has 110 valence electrons. The van der Waals surface area contributed by atoms with E-state index in [9.17, 15) is 9.59 Å². The number of likely N-dealkylation sites (N-methyl/N-ethyl adjacent to an activating group) is 1. The molecule has 0 radical (unpaired) electrons. The van der Waals surface area contributed by atoms with Gasteiger partial charge in [0.15, 0.2) is 5.78 Å². The predicted molar refractivity (Wildman–Crippen MR) is 82.0 cm³/mol. The summed E-state index contributed by atoms with van der Waals surface area (Å²) in [4.78, 5) is 26.1. The summed E-state index contributed by atoms with van der Waals surface area (Å²) in [5.41, 5.74) is 0.708. The number of carbonyl (C=O) groups excluding carboxylic acids is 2. The molecule has 1 aliphatic carbocycles. The lowest BCUT2D eigenvalue weighted by Crippen LogP contribution is -2.38. The third kappa shape index (κ3) is 3.69. The molecule has 1 fully saturated rings. The average molecular weight is 293 g/mol. The number of rotatable bonds is 5. The van der Waals surface area contributed by atoms with E-state index < -0.39 is 0 Å². The normalized spacial score (nSPS) is 17.7. The number of ketones is 1. The van der Waals surface area contributed by atoms with Crippen molar-refractivity contribution in [1.82, 2.24) is 4.90 Å². The van der Waals surface area contributed by atoms with Crippen LogP contribution in [0.25, 0.3) is 0 Å². The zero-order chi connectivity index (χ0) is 14.5. The summed E-state index contributed by atoms with van der Waals surface area (Å²) in [6, 6.07) is 1.82. The quantitative estimate of drug-likeness (QED) is 0.778. The highest BCUT2D eigenvalue weighted by atomic mass is 32.1. The fourth-order valence-electron chi connectivity index (χ4n) is 2.99. The Balaban J connectivity index is 1.89. The molecule has 20 heavy (non-hydrogen) atoms. The molecule has 0 aliphatic heterocycles. The minimum Gasteiger partial charge on any atom is -0.338 e. The van der Waals surface area contributed by atoms with Crippen molar-refractivity contribution in [1.29, 1.82) is 0 Å². The van der Waals surface area contributed by atoms with Crippen molar-refractivity contribution in [2.24, 2.45) is 11.8 Å². The van der Waals surface area contributed by atoms with Gasteiger partial charge in [0.2, 0.25) is 5.91 Å². The highest BCUT2D eigenvalue weighted by Gasteiger charge is 2.28. The number of carbonyl (C=O) groups is 2. The van der Waals surface area contributed by atoms with Gasteiger partial charge in [0.1, 0.15) is 0 Å². The van der Waals surface area contributed by atoms with Crippen LogP contribution in [0.2, 0.25) is 0 Å². The lowest BCUT2D eigenvalue weighted by Gasteiger charge is -2.29. The zero-order valence-electron chi connectivity index (χ0n) is 12.3. The van der Waals surface area contributed by atoms with Crippen molar-refractivity contribution in [3.8, 4) is 0 Å². The van der Waals surface area contributed by atoms with Gasteiger partial charge < -0.3 is 4.90 Å². The van der Waals surface area contributed by atoms with Gasteiger partial charge in [0.05, 0.1) is 6.54 Å². The molecule has 0 spiro atoms. The largest absolute Gasteiger partial charge is 0.338 e. The highest BCUT2D eigenvalue weighted by molar-refractivity contribution is 7.08. The molecule has 1 unspecified atom stereocenters. The van der Waals surface area contributed by atoms with Crippen LogP contribution in [-0.2, 0) is 4.79 Å². The molecule has 1 heterocycles. The van der Waals surface area contributed by atoms with Crippen molar-refractivity contribution in [2.45, 2.75) is 39.0 Å². The van der Waals surface area contributed by atoms with Gasteiger partial charge in [-0.3, -0.25) is 9.59 Å². The number of amides is 1. The Morgan fingerprint density at radius 1 is 1.35 bits per heavy atom. The van der Waals surface area contributed by atoms with Gasteiger partial charge in [-0.1, -0.05) is 26.2 Å². The van der Waals surface area contributed by atoms with Crippen LogP contribution in [0.15, 0.2) is 16.8 Å². The lowest BCUT2D eigenvalue weighted by atomic mass is 9.80. The van der Waals surface area contributed by atoms with E-state index in [0.29, 0.717) is 11.5 Å². The summed E-state index contributed by atoms with van der Waals surface area (Å²) >= 11 is 1.51. The van der Waals surface area contributed by atoms with Crippen molar-refractivity contribution < 1.29 is 9.59 Å². The van der Waals surface area contributed by atoms with Crippen LogP contribution >= 0.6 is 11.3 Å². The van der Waals surface area contributed by atoms with Gasteiger partial charge in [-0.25, -0.2) is 0 Å². The van der Waals surface area contributed by atoms with E-state index >= 15 is 0 Å². The monoisotopic (exact) mass is 293 g/mol. The maximum absolute atomic E-state index is 12.4. The molecule has 0 N–H and O–H groups in total. The number of nitrogens with zero attached hydrogens (tertiary/aromatic N) is 1. The Hall–Kier alpha value is -1.16. The van der Waals surface area contributed by atoms with Gasteiger partial charge in [-0.15, -0.1) is 0 Å². The standard InChI is InChI=1S/C16H23NO2S/c1-12(13-6-4-3-5-7-13)16(19)17(2)10-15(18)14-8-9-20-11-14/h8-9,11-13H,3-7,10H2,1-2H3. The first kappa shape index (κ1) is 15.2. The van der Waals surface area contributed by atoms with E-state index in [4.69, 9.17) is 0 Å². The molecule has 1 aromatic rings. The molecule has 0 saturated heterocycles. The summed E-state index contributed by atoms with van der Waals surface area (Å²) in [6.07, 6.45) is 6.07. The Labute approximate surface area is 125 Å². The fourth-order valence-corrected chi connectivity index (χ4v) is 3.65. The minimum atomic E-state index is 0.0259. The van der Waals surface area contributed by atoms with E-state index in [0.717, 1.165) is 12.8 Å². The Morgan fingerprint density at radius 3 is 2.65 bits per heavy atom. The first-order valence-corrected chi connectivity index (χ1v) is 8.34. The molecular formula is C16H23NO2S. The average Bonchev–Trinajstić information content (AvgIpc) is 3.01. The van der Waals surface area contributed by atoms with E-state index in [1.165, 1.54) is 30.6 Å². The summed E-state index contributed by atoms with van der Waals surface area (Å²) < 4.78 is 0. The number of thiophene rings is 1. The molecule has 4 heteroatoms. The predicted octanol–water partition coefficient (Wildman–Crippen LogP) is 3.61. The molecule has 1 aliphatic rings. The summed E-state index contributed by atoms with van der Waals surface area (Å²) in [5.74, 6) is 0.670. The van der Waals surface area contributed by atoms with Gasteiger partial charge in [0.25, 0.3) is 0 Å². The van der Waals surface area contributed by atoms with Crippen molar-refractivity contribution in [3.05, 3.63) is 22.4 Å². The van der Waals surface area contributed by atoms with E-state index in [1.807, 2.05) is 23.8 Å². The Morgan fingerprint density at radius 2 is 2.05 bits per heavy atom. The molecule has 0 aromatic carbocycles. The van der Waals surface area contributed by atoms with Gasteiger partial charge in [0, 0.05) is 23.9 Å². The van der Waals surface area contributed by atoms with Gasteiger partial charge in [-0.05, 0) is 30.2 Å². The zero-order valence-corrected chi connectivity index (χ0v) is 13.1. The molecule has 1 atom stereocenters. The van der Waals surface area contributed by atoms with Crippen LogP contribution in [0.1, 0.15) is 49.4 Å². The van der Waals surface area contributed by atoms with Crippen LogP contribution in [0.4, 0.5) is 0 Å². The number of Topliss-reactive ketones (excluding diaryl/α,β-unsaturated/α-hetero) is 1. The summed E-state index contributed by atoms with van der Waals surface area (Å²) in [5, 5.41) is 3.73. The maximum Gasteiger partial charge on any atom is 0.225 e. The molecule has 1 amide bonds. The molecular weight excluding hydrogens is 270 g/mol. The molecule has 0 bridgehead atoms. The summed E-state index contributed by atoms with van der Waals surface area (Å²) in [7, 11) is 1.74. The fraction of sp³-hybridized carbons (Fsp3) is 0.625. The van der Waals surface area contributed by atoms with E-state index in [2.05, 4.69) is 0 Å². The second-order valence-electron chi connectivity index (χ2n) is 5.82. The van der Waals surface area contributed by atoms with Crippen molar-refractivity contribution in [3.63, 3.8) is 0 Å². The number of hydrogen-bond donors (Lipinski definition) is 0. The molecule has 1 aromatic heterocycles. The van der Waals surface area contributed by atoms with Crippen LogP contribution in [0.5, 0.6) is 0 Å². The topological polar surface area (TPSA) is 37.4 Å². The van der Waals surface area contributed by atoms with E-state index in [-0.39, 0.29) is 24.2 Å². The molecule has 3 nitrogen and oxygen atoms in total. The minimum absolute atomic E-state index is 0.0259. The Kier molecular flexibility index (Phi) is 5.35. The van der Waals surface area contributed by atoms with Gasteiger partial charge in [-0.2, -0.15) is 11.3 Å². The number of hydrogen-bond acceptors (Lipinski definition) is 3. The second-order valence-corrected chi connectivity index (χ2v) is 6.60. The first-order valence-electron chi connectivity index (χ1n) is 7.40. The highest BCUT2D eigenvalue weighted by Crippen LogP contribution is 2.30. The van der Waals surface area contributed by atoms with E-state index in [1.54, 1.807) is 11.9 Å². The molecule has 1 saturated carbocycles. The van der Waals surface area contributed by atoms with Crippen LogP contribution in [0, 0.1) is 11.8 Å². The van der Waals surface area contributed by atoms with Crippen LogP contribution in [0.3, 0.4) is 0 Å². The SMILES string of the molecule is CC(C(=O)N(C)CC(=O)c1ccsc1)C1CCCCC1. The Bertz CT molecular complexity index is 449. The van der Waals surface area contributed by atoms with Crippen molar-refractivity contribution >= 4 is 23.0 Å². The lowest BCUT2D eigenvalue weighted by molar-refractivity contribution is -0.135. The van der Waals surface area contributed by atoms with Crippen LogP contribution in [-0.4, -0.2) is 30.2 Å². The third-order valence-corrected chi connectivity index (χ3v) is 5.03. The first-order chi connectivity index (χ1) is 9.59. The van der Waals surface area contributed by atoms with Crippen molar-refractivity contribution in [2.75, 3.05) is 13.6 Å². The summed E-state index contributed by atoms with van der Waals surface area (Å²) in [6.45, 7) is 2.20.